The molecule has 2 rings (SSSR count). The number of aryl methyl sites for hydroxylation is 2. The van der Waals surface area contributed by atoms with E-state index < -0.39 is 15.3 Å². The van der Waals surface area contributed by atoms with Gasteiger partial charge in [-0.1, -0.05) is 0 Å². The van der Waals surface area contributed by atoms with E-state index in [1.165, 1.54) is 4.31 Å². The highest BCUT2D eigenvalue weighted by atomic mass is 32.2. The van der Waals surface area contributed by atoms with E-state index in [0.29, 0.717) is 32.7 Å². The lowest BCUT2D eigenvalue weighted by molar-refractivity contribution is -0.133. The highest BCUT2D eigenvalue weighted by Crippen LogP contribution is 2.14. The van der Waals surface area contributed by atoms with Crippen molar-refractivity contribution in [3.8, 4) is 0 Å². The fourth-order valence-corrected chi connectivity index (χ4v) is 3.94. The Hall–Kier alpha value is -1.34. The molecule has 0 spiro atoms. The maximum atomic E-state index is 12.4. The van der Waals surface area contributed by atoms with Crippen molar-refractivity contribution in [1.82, 2.24) is 13.8 Å². The Balaban J connectivity index is 1.96. The molecule has 124 valence electrons. The second-order valence-corrected chi connectivity index (χ2v) is 8.56. The van der Waals surface area contributed by atoms with E-state index in [9.17, 15) is 13.2 Å². The molecule has 0 aromatic carbocycles. The zero-order valence-electron chi connectivity index (χ0n) is 13.7. The Kier molecular flexibility index (Phi) is 4.97. The van der Waals surface area contributed by atoms with Gasteiger partial charge >= 0.3 is 0 Å². The van der Waals surface area contributed by atoms with Crippen molar-refractivity contribution in [3.63, 3.8) is 0 Å². The summed E-state index contributed by atoms with van der Waals surface area (Å²) in [7, 11) is -3.22. The summed E-state index contributed by atoms with van der Waals surface area (Å²) in [5.74, 6) is 0.0454. The lowest BCUT2D eigenvalue weighted by Gasteiger charge is -2.35. The summed E-state index contributed by atoms with van der Waals surface area (Å²) >= 11 is 0. The van der Waals surface area contributed by atoms with E-state index >= 15 is 0 Å². The predicted molar refractivity (Wildman–Crippen MR) is 86.1 cm³/mol. The number of rotatable bonds is 4. The molecule has 7 heteroatoms. The molecule has 2 heterocycles. The van der Waals surface area contributed by atoms with Crippen LogP contribution in [0.1, 0.15) is 25.2 Å². The van der Waals surface area contributed by atoms with Gasteiger partial charge in [-0.25, -0.2) is 8.42 Å². The number of sulfonamides is 1. The number of piperazine rings is 1. The molecule has 1 aromatic rings. The molecule has 1 fully saturated rings. The minimum atomic E-state index is -3.22. The predicted octanol–water partition coefficient (Wildman–Crippen LogP) is 0.987. The Labute approximate surface area is 132 Å². The fraction of sp³-hybridized carbons (Fsp3) is 0.667. The zero-order valence-corrected chi connectivity index (χ0v) is 14.6. The molecule has 1 aliphatic rings. The summed E-state index contributed by atoms with van der Waals surface area (Å²) in [4.78, 5) is 14.2. The van der Waals surface area contributed by atoms with Gasteiger partial charge in [-0.05, 0) is 39.8 Å². The van der Waals surface area contributed by atoms with Gasteiger partial charge in [0.1, 0.15) is 6.54 Å². The van der Waals surface area contributed by atoms with Crippen molar-refractivity contribution in [2.24, 2.45) is 0 Å². The van der Waals surface area contributed by atoms with Crippen molar-refractivity contribution >= 4 is 15.9 Å². The molecule has 0 bridgehead atoms. The summed E-state index contributed by atoms with van der Waals surface area (Å²) in [5, 5.41) is -0.417. The smallest absolute Gasteiger partial charge is 0.242 e. The Morgan fingerprint density at radius 3 is 2.05 bits per heavy atom. The van der Waals surface area contributed by atoms with Gasteiger partial charge in [0, 0.05) is 37.6 Å². The van der Waals surface area contributed by atoms with Gasteiger partial charge in [-0.15, -0.1) is 0 Å². The highest BCUT2D eigenvalue weighted by molar-refractivity contribution is 7.89. The van der Waals surface area contributed by atoms with E-state index in [1.54, 1.807) is 18.7 Å². The van der Waals surface area contributed by atoms with Crippen molar-refractivity contribution < 1.29 is 13.2 Å². The lowest BCUT2D eigenvalue weighted by atomic mass is 10.3. The van der Waals surface area contributed by atoms with Crippen LogP contribution >= 0.6 is 0 Å². The summed E-state index contributed by atoms with van der Waals surface area (Å²) in [6.45, 7) is 9.34. The van der Waals surface area contributed by atoms with Crippen LogP contribution in [0.5, 0.6) is 0 Å². The van der Waals surface area contributed by atoms with Crippen molar-refractivity contribution in [3.05, 3.63) is 23.5 Å². The largest absolute Gasteiger partial charge is 0.340 e. The van der Waals surface area contributed by atoms with Crippen LogP contribution in [-0.2, 0) is 21.4 Å². The number of nitrogens with zero attached hydrogens (tertiary/aromatic N) is 3. The van der Waals surface area contributed by atoms with E-state index in [0.717, 1.165) is 11.4 Å². The zero-order chi connectivity index (χ0) is 16.5. The van der Waals surface area contributed by atoms with Crippen molar-refractivity contribution in [2.75, 3.05) is 26.2 Å². The van der Waals surface area contributed by atoms with Crippen LogP contribution in [-0.4, -0.2) is 59.5 Å². The van der Waals surface area contributed by atoms with Crippen LogP contribution in [0, 0.1) is 13.8 Å². The molecular formula is C15H25N3O3S. The van der Waals surface area contributed by atoms with E-state index in [2.05, 4.69) is 0 Å². The maximum absolute atomic E-state index is 12.4. The van der Waals surface area contributed by atoms with Crippen LogP contribution < -0.4 is 0 Å². The van der Waals surface area contributed by atoms with Gasteiger partial charge < -0.3 is 9.47 Å². The normalized spacial score (nSPS) is 17.2. The molecule has 1 saturated heterocycles. The maximum Gasteiger partial charge on any atom is 0.242 e. The first-order valence-corrected chi connectivity index (χ1v) is 9.13. The van der Waals surface area contributed by atoms with Crippen LogP contribution in [0.15, 0.2) is 12.1 Å². The van der Waals surface area contributed by atoms with E-state index in [1.807, 2.05) is 30.5 Å². The third-order valence-corrected chi connectivity index (χ3v) is 6.53. The molecule has 0 aliphatic carbocycles. The first kappa shape index (κ1) is 17.0. The standard InChI is InChI=1S/C15H25N3O3S/c1-12(2)22(20,21)17-9-7-16(8-10-17)15(19)11-18-13(3)5-6-14(18)4/h5-6,12H,7-11H2,1-4H3. The van der Waals surface area contributed by atoms with E-state index in [4.69, 9.17) is 0 Å². The molecule has 0 atom stereocenters. The molecule has 0 radical (unpaired) electrons. The SMILES string of the molecule is Cc1ccc(C)n1CC(=O)N1CCN(S(=O)(=O)C(C)C)CC1. The molecule has 1 amide bonds. The third-order valence-electron chi connectivity index (χ3n) is 4.26. The Morgan fingerprint density at radius 1 is 1.09 bits per heavy atom. The summed E-state index contributed by atoms with van der Waals surface area (Å²) in [6.07, 6.45) is 0. The second kappa shape index (κ2) is 6.42. The van der Waals surface area contributed by atoms with Crippen LogP contribution in [0.25, 0.3) is 0 Å². The molecule has 1 aliphatic heterocycles. The van der Waals surface area contributed by atoms with Crippen molar-refractivity contribution in [2.45, 2.75) is 39.5 Å². The van der Waals surface area contributed by atoms with Crippen LogP contribution in [0.3, 0.4) is 0 Å². The first-order valence-electron chi connectivity index (χ1n) is 7.63. The van der Waals surface area contributed by atoms with E-state index in [-0.39, 0.29) is 5.91 Å². The van der Waals surface area contributed by atoms with Crippen LogP contribution in [0.2, 0.25) is 0 Å². The molecule has 0 unspecified atom stereocenters. The monoisotopic (exact) mass is 327 g/mol. The van der Waals surface area contributed by atoms with Gasteiger partial charge in [0.15, 0.2) is 0 Å². The minimum absolute atomic E-state index is 0.0454. The topological polar surface area (TPSA) is 62.6 Å². The van der Waals surface area contributed by atoms with Crippen LogP contribution in [0.4, 0.5) is 0 Å². The molecular weight excluding hydrogens is 302 g/mol. The molecule has 6 nitrogen and oxygen atoms in total. The molecule has 0 saturated carbocycles. The number of carbonyl (C=O) groups excluding carboxylic acids is 1. The Morgan fingerprint density at radius 2 is 1.59 bits per heavy atom. The van der Waals surface area contributed by atoms with Gasteiger partial charge in [0.05, 0.1) is 5.25 Å². The lowest BCUT2D eigenvalue weighted by Crippen LogP contribution is -2.52. The van der Waals surface area contributed by atoms with Gasteiger partial charge in [-0.3, -0.25) is 4.79 Å². The first-order chi connectivity index (χ1) is 10.2. The quantitative estimate of drug-likeness (QED) is 0.828. The molecule has 1 aromatic heterocycles. The Bertz CT molecular complexity index is 621. The average molecular weight is 327 g/mol. The molecule has 22 heavy (non-hydrogen) atoms. The number of hydrogen-bond acceptors (Lipinski definition) is 3. The number of carbonyl (C=O) groups is 1. The second-order valence-electron chi connectivity index (χ2n) is 6.08. The average Bonchev–Trinajstić information content (AvgIpc) is 2.79. The fourth-order valence-electron chi connectivity index (χ4n) is 2.67. The minimum Gasteiger partial charge on any atom is -0.340 e. The van der Waals surface area contributed by atoms with Gasteiger partial charge in [0.2, 0.25) is 15.9 Å². The van der Waals surface area contributed by atoms with Gasteiger partial charge in [0.25, 0.3) is 0 Å². The summed E-state index contributed by atoms with van der Waals surface area (Å²) in [6, 6.07) is 3.99. The number of hydrogen-bond donors (Lipinski definition) is 0. The third kappa shape index (κ3) is 3.35. The summed E-state index contributed by atoms with van der Waals surface area (Å²) < 4.78 is 27.7. The number of amides is 1. The van der Waals surface area contributed by atoms with Crippen molar-refractivity contribution in [1.29, 1.82) is 0 Å². The highest BCUT2D eigenvalue weighted by Gasteiger charge is 2.30. The number of aromatic nitrogens is 1. The molecule has 0 N–H and O–H groups in total. The van der Waals surface area contributed by atoms with Gasteiger partial charge in [-0.2, -0.15) is 4.31 Å². The summed E-state index contributed by atoms with van der Waals surface area (Å²) in [5.41, 5.74) is 2.12.